The SMILES string of the molecule is C#CCON=Cc1cccc(OC)c1. The van der Waals surface area contributed by atoms with E-state index in [1.807, 2.05) is 24.3 Å². The van der Waals surface area contributed by atoms with Crippen LogP contribution in [-0.2, 0) is 4.84 Å². The number of benzene rings is 1. The third-order valence-electron chi connectivity index (χ3n) is 1.52. The average Bonchev–Trinajstić information content (AvgIpc) is 2.25. The first-order valence-corrected chi connectivity index (χ1v) is 4.09. The lowest BCUT2D eigenvalue weighted by Gasteiger charge is -1.99. The predicted octanol–water partition coefficient (Wildman–Crippen LogP) is 1.68. The van der Waals surface area contributed by atoms with Crippen molar-refractivity contribution in [2.75, 3.05) is 13.7 Å². The Bertz CT molecular complexity index is 353. The van der Waals surface area contributed by atoms with Crippen LogP contribution in [-0.4, -0.2) is 19.9 Å². The molecule has 0 spiro atoms. The van der Waals surface area contributed by atoms with E-state index in [9.17, 15) is 0 Å². The third-order valence-corrected chi connectivity index (χ3v) is 1.52. The van der Waals surface area contributed by atoms with Gasteiger partial charge in [-0.15, -0.1) is 6.42 Å². The van der Waals surface area contributed by atoms with Crippen LogP contribution in [0.25, 0.3) is 0 Å². The minimum atomic E-state index is 0.181. The summed E-state index contributed by atoms with van der Waals surface area (Å²) >= 11 is 0. The zero-order valence-electron chi connectivity index (χ0n) is 7.93. The van der Waals surface area contributed by atoms with Crippen LogP contribution >= 0.6 is 0 Å². The van der Waals surface area contributed by atoms with Gasteiger partial charge in [0, 0.05) is 0 Å². The summed E-state index contributed by atoms with van der Waals surface area (Å²) in [5, 5.41) is 3.68. The summed E-state index contributed by atoms with van der Waals surface area (Å²) in [7, 11) is 1.62. The maximum atomic E-state index is 5.05. The van der Waals surface area contributed by atoms with E-state index in [4.69, 9.17) is 16.0 Å². The lowest BCUT2D eigenvalue weighted by atomic mass is 10.2. The topological polar surface area (TPSA) is 30.8 Å². The number of nitrogens with zero attached hydrogens (tertiary/aromatic N) is 1. The van der Waals surface area contributed by atoms with Crippen molar-refractivity contribution in [3.8, 4) is 18.1 Å². The van der Waals surface area contributed by atoms with Gasteiger partial charge in [-0.1, -0.05) is 23.2 Å². The Labute approximate surface area is 83.3 Å². The van der Waals surface area contributed by atoms with E-state index in [0.717, 1.165) is 11.3 Å². The average molecular weight is 189 g/mol. The van der Waals surface area contributed by atoms with Crippen LogP contribution in [0.4, 0.5) is 0 Å². The van der Waals surface area contributed by atoms with E-state index < -0.39 is 0 Å². The highest BCUT2D eigenvalue weighted by atomic mass is 16.6. The molecule has 0 saturated carbocycles. The maximum Gasteiger partial charge on any atom is 0.177 e. The van der Waals surface area contributed by atoms with Gasteiger partial charge in [-0.2, -0.15) is 0 Å². The predicted molar refractivity (Wildman–Crippen MR) is 55.4 cm³/mol. The summed E-state index contributed by atoms with van der Waals surface area (Å²) in [5.41, 5.74) is 0.904. The van der Waals surface area contributed by atoms with Crippen LogP contribution in [0.3, 0.4) is 0 Å². The van der Waals surface area contributed by atoms with E-state index in [0.29, 0.717) is 0 Å². The van der Waals surface area contributed by atoms with Crippen molar-refractivity contribution in [1.29, 1.82) is 0 Å². The summed E-state index contributed by atoms with van der Waals surface area (Å²) in [6.45, 7) is 0.181. The standard InChI is InChI=1S/C11H11NO2/c1-3-7-14-12-9-10-5-4-6-11(8-10)13-2/h1,4-6,8-9H,7H2,2H3. The molecule has 0 radical (unpaired) electrons. The van der Waals surface area contributed by atoms with E-state index in [1.54, 1.807) is 13.3 Å². The highest BCUT2D eigenvalue weighted by Gasteiger charge is 1.91. The number of ether oxygens (including phenoxy) is 1. The van der Waals surface area contributed by atoms with Gasteiger partial charge in [0.25, 0.3) is 0 Å². The van der Waals surface area contributed by atoms with Crippen molar-refractivity contribution in [2.45, 2.75) is 0 Å². The van der Waals surface area contributed by atoms with Crippen molar-refractivity contribution in [3.63, 3.8) is 0 Å². The Balaban J connectivity index is 2.58. The minimum Gasteiger partial charge on any atom is -0.497 e. The monoisotopic (exact) mass is 189 g/mol. The molecule has 1 aromatic carbocycles. The molecule has 1 rings (SSSR count). The van der Waals surface area contributed by atoms with Crippen LogP contribution in [0.15, 0.2) is 29.4 Å². The van der Waals surface area contributed by atoms with Crippen molar-refractivity contribution in [3.05, 3.63) is 29.8 Å². The van der Waals surface area contributed by atoms with Gasteiger partial charge in [0.1, 0.15) is 5.75 Å². The fourth-order valence-electron chi connectivity index (χ4n) is 0.894. The van der Waals surface area contributed by atoms with E-state index >= 15 is 0 Å². The number of terminal acetylenes is 1. The molecule has 0 aliphatic heterocycles. The first kappa shape index (κ1) is 10.1. The molecule has 3 nitrogen and oxygen atoms in total. The van der Waals surface area contributed by atoms with Gasteiger partial charge < -0.3 is 9.57 Å². The first-order valence-electron chi connectivity index (χ1n) is 4.09. The molecule has 0 aromatic heterocycles. The molecule has 3 heteroatoms. The lowest BCUT2D eigenvalue weighted by molar-refractivity contribution is 0.181. The molecule has 14 heavy (non-hydrogen) atoms. The summed E-state index contributed by atoms with van der Waals surface area (Å²) in [5.74, 6) is 3.10. The first-order chi connectivity index (χ1) is 6.86. The second-order valence-electron chi connectivity index (χ2n) is 2.49. The number of hydrogen-bond donors (Lipinski definition) is 0. The molecule has 0 atom stereocenters. The normalized spacial score (nSPS) is 9.71. The molecule has 0 amide bonds. The quantitative estimate of drug-likeness (QED) is 0.312. The lowest BCUT2D eigenvalue weighted by Crippen LogP contribution is -1.87. The second-order valence-corrected chi connectivity index (χ2v) is 2.49. The van der Waals surface area contributed by atoms with Crippen molar-refractivity contribution in [2.24, 2.45) is 5.16 Å². The van der Waals surface area contributed by atoms with Gasteiger partial charge in [-0.25, -0.2) is 0 Å². The highest BCUT2D eigenvalue weighted by molar-refractivity contribution is 5.79. The van der Waals surface area contributed by atoms with Crippen molar-refractivity contribution >= 4 is 6.21 Å². The molecule has 0 aliphatic rings. The van der Waals surface area contributed by atoms with Gasteiger partial charge in [-0.05, 0) is 17.7 Å². The fraction of sp³-hybridized carbons (Fsp3) is 0.182. The van der Waals surface area contributed by atoms with Crippen molar-refractivity contribution in [1.82, 2.24) is 0 Å². The van der Waals surface area contributed by atoms with Gasteiger partial charge in [0.05, 0.1) is 13.3 Å². The molecule has 0 bridgehead atoms. The number of hydrogen-bond acceptors (Lipinski definition) is 3. The smallest absolute Gasteiger partial charge is 0.177 e. The largest absolute Gasteiger partial charge is 0.497 e. The molecule has 0 fully saturated rings. The van der Waals surface area contributed by atoms with Crippen molar-refractivity contribution < 1.29 is 9.57 Å². The molecule has 0 unspecified atom stereocenters. The molecule has 0 saturated heterocycles. The molecular weight excluding hydrogens is 178 g/mol. The number of oxime groups is 1. The Morgan fingerprint density at radius 3 is 3.14 bits per heavy atom. The van der Waals surface area contributed by atoms with Gasteiger partial charge in [0.2, 0.25) is 0 Å². The van der Waals surface area contributed by atoms with E-state index in [2.05, 4.69) is 11.1 Å². The number of methoxy groups -OCH3 is 1. The van der Waals surface area contributed by atoms with Crippen LogP contribution in [0.2, 0.25) is 0 Å². The molecular formula is C11H11NO2. The van der Waals surface area contributed by atoms with E-state index in [-0.39, 0.29) is 6.61 Å². The Morgan fingerprint density at radius 2 is 2.43 bits per heavy atom. The minimum absolute atomic E-state index is 0.181. The van der Waals surface area contributed by atoms with Crippen LogP contribution in [0, 0.1) is 12.3 Å². The van der Waals surface area contributed by atoms with E-state index in [1.165, 1.54) is 0 Å². The second kappa shape index (κ2) is 5.65. The van der Waals surface area contributed by atoms with Gasteiger partial charge in [-0.3, -0.25) is 0 Å². The summed E-state index contributed by atoms with van der Waals surface area (Å²) < 4.78 is 5.05. The Kier molecular flexibility index (Phi) is 4.09. The highest BCUT2D eigenvalue weighted by Crippen LogP contribution is 2.10. The summed E-state index contributed by atoms with van der Waals surface area (Å²) in [4.78, 5) is 4.75. The Hall–Kier alpha value is -1.95. The van der Waals surface area contributed by atoms with Crippen LogP contribution < -0.4 is 4.74 Å². The molecule has 0 aliphatic carbocycles. The maximum absolute atomic E-state index is 5.05. The number of rotatable bonds is 4. The zero-order chi connectivity index (χ0) is 10.2. The van der Waals surface area contributed by atoms with Crippen LogP contribution in [0.1, 0.15) is 5.56 Å². The summed E-state index contributed by atoms with van der Waals surface area (Å²) in [6.07, 6.45) is 6.57. The molecule has 0 heterocycles. The van der Waals surface area contributed by atoms with Gasteiger partial charge >= 0.3 is 0 Å². The third kappa shape index (κ3) is 3.20. The molecule has 0 N–H and O–H groups in total. The molecule has 1 aromatic rings. The molecule has 72 valence electrons. The fourth-order valence-corrected chi connectivity index (χ4v) is 0.894. The zero-order valence-corrected chi connectivity index (χ0v) is 7.93. The Morgan fingerprint density at radius 1 is 1.57 bits per heavy atom. The summed E-state index contributed by atoms with van der Waals surface area (Å²) in [6, 6.07) is 7.48. The van der Waals surface area contributed by atoms with Gasteiger partial charge in [0.15, 0.2) is 6.61 Å². The van der Waals surface area contributed by atoms with Crippen LogP contribution in [0.5, 0.6) is 5.75 Å².